The van der Waals surface area contributed by atoms with Gasteiger partial charge in [0.1, 0.15) is 22.9 Å². The van der Waals surface area contributed by atoms with Crippen LogP contribution in [0.15, 0.2) is 65.7 Å². The van der Waals surface area contributed by atoms with Crippen LogP contribution < -0.4 is 5.56 Å². The van der Waals surface area contributed by atoms with Gasteiger partial charge in [0.25, 0.3) is 11.5 Å². The maximum absolute atomic E-state index is 13.6. The van der Waals surface area contributed by atoms with E-state index in [1.807, 2.05) is 58.9 Å². The summed E-state index contributed by atoms with van der Waals surface area (Å²) in [6, 6.07) is 14.1. The van der Waals surface area contributed by atoms with Crippen LogP contribution in [0.4, 0.5) is 9.18 Å². The van der Waals surface area contributed by atoms with E-state index in [1.165, 1.54) is 35.2 Å². The second kappa shape index (κ2) is 12.9. The predicted octanol–water partition coefficient (Wildman–Crippen LogP) is 5.73. The summed E-state index contributed by atoms with van der Waals surface area (Å²) in [6.45, 7) is 10.6. The van der Waals surface area contributed by atoms with Crippen molar-refractivity contribution in [3.8, 4) is 5.69 Å². The number of halogens is 2. The number of piperidine rings is 1. The minimum atomic E-state index is -1.23. The van der Waals surface area contributed by atoms with Crippen LogP contribution in [-0.4, -0.2) is 84.1 Å². The molecule has 2 amide bonds. The van der Waals surface area contributed by atoms with Gasteiger partial charge in [-0.2, -0.15) is 0 Å². The number of fused-ring (bicyclic) bond motifs is 1. The highest BCUT2D eigenvalue weighted by atomic mass is 35.5. The molecule has 0 bridgehead atoms. The molecule has 13 heteroatoms. The maximum atomic E-state index is 13.6. The van der Waals surface area contributed by atoms with Crippen molar-refractivity contribution in [1.29, 1.82) is 0 Å². The number of benzene rings is 2. The second-order valence-electron chi connectivity index (χ2n) is 14.5. The van der Waals surface area contributed by atoms with Crippen LogP contribution >= 0.6 is 11.6 Å². The van der Waals surface area contributed by atoms with E-state index in [1.54, 1.807) is 20.4 Å². The summed E-state index contributed by atoms with van der Waals surface area (Å²) in [7, 11) is 0. The third kappa shape index (κ3) is 7.36. The lowest BCUT2D eigenvalue weighted by Crippen LogP contribution is -2.53. The molecule has 2 aliphatic rings. The number of amides is 2. The van der Waals surface area contributed by atoms with Gasteiger partial charge in [-0.05, 0) is 95.5 Å². The lowest BCUT2D eigenvalue weighted by atomic mass is 9.91. The summed E-state index contributed by atoms with van der Waals surface area (Å²) in [5, 5.41) is 12.0. The van der Waals surface area contributed by atoms with Crippen molar-refractivity contribution in [2.24, 2.45) is 0 Å². The third-order valence-corrected chi connectivity index (χ3v) is 9.28. The van der Waals surface area contributed by atoms with Gasteiger partial charge in [0.15, 0.2) is 5.65 Å². The van der Waals surface area contributed by atoms with Crippen LogP contribution in [0, 0.1) is 5.82 Å². The first kappa shape index (κ1) is 34.6. The molecule has 2 fully saturated rings. The average Bonchev–Trinajstić information content (AvgIpc) is 3.38. The number of morpholine rings is 1. The monoisotopic (exact) mass is 693 g/mol. The Balaban J connectivity index is 1.19. The molecule has 1 atom stereocenters. The van der Waals surface area contributed by atoms with Gasteiger partial charge in [-0.15, -0.1) is 0 Å². The fourth-order valence-corrected chi connectivity index (χ4v) is 6.70. The highest BCUT2D eigenvalue weighted by Crippen LogP contribution is 2.34. The molecule has 1 N–H and O–H groups in total. The van der Waals surface area contributed by atoms with E-state index < -0.39 is 28.7 Å². The molecule has 2 aromatic carbocycles. The highest BCUT2D eigenvalue weighted by Gasteiger charge is 2.39. The highest BCUT2D eigenvalue weighted by molar-refractivity contribution is 6.31. The van der Waals surface area contributed by atoms with Crippen molar-refractivity contribution in [2.45, 2.75) is 76.9 Å². The van der Waals surface area contributed by atoms with E-state index in [0.717, 1.165) is 5.56 Å². The van der Waals surface area contributed by atoms with Crippen LogP contribution in [0.25, 0.3) is 16.7 Å². The van der Waals surface area contributed by atoms with Crippen molar-refractivity contribution >= 4 is 34.6 Å². The molecule has 49 heavy (non-hydrogen) atoms. The van der Waals surface area contributed by atoms with E-state index in [9.17, 15) is 23.9 Å². The molecule has 0 unspecified atom stereocenters. The number of aliphatic hydroxyl groups is 1. The van der Waals surface area contributed by atoms with Gasteiger partial charge in [-0.1, -0.05) is 23.7 Å². The molecule has 2 aliphatic heterocycles. The molecule has 2 saturated heterocycles. The largest absolute Gasteiger partial charge is 0.444 e. The number of carbonyl (C=O) groups excluding carboxylic acids is 2. The summed E-state index contributed by atoms with van der Waals surface area (Å²) in [5.74, 6) is -0.652. The van der Waals surface area contributed by atoms with Crippen LogP contribution in [0.1, 0.15) is 69.4 Å². The van der Waals surface area contributed by atoms with Gasteiger partial charge in [0.2, 0.25) is 0 Å². The Bertz CT molecular complexity index is 1920. The Morgan fingerprint density at radius 3 is 2.37 bits per heavy atom. The lowest BCUT2D eigenvalue weighted by molar-refractivity contribution is -0.114. The van der Waals surface area contributed by atoms with Gasteiger partial charge >= 0.3 is 6.09 Å². The van der Waals surface area contributed by atoms with Crippen molar-refractivity contribution in [2.75, 3.05) is 26.2 Å². The first-order valence-electron chi connectivity index (χ1n) is 16.3. The first-order chi connectivity index (χ1) is 23.0. The molecule has 4 heterocycles. The molecular formula is C36H41ClFN5O6. The molecule has 4 aromatic rings. The Labute approximate surface area is 288 Å². The van der Waals surface area contributed by atoms with Gasteiger partial charge in [0, 0.05) is 24.3 Å². The standard InChI is InChI=1S/C36H41ClFN5O6/c1-34(2,3)49-33(46)42-20-35(4,5)48-19-28(42)23-8-12-26(13-9-23)43-29(37)18-27-30(43)39-22-41(32(27)45)21-36(47)14-16-40(17-15-36)31(44)24-6-10-25(38)11-7-24/h6-13,18,22,28,47H,14-17,19-21H2,1-5H3/t28-/m1/s1. The fraction of sp³-hybridized carbons (Fsp3) is 0.444. The van der Waals surface area contributed by atoms with Crippen molar-refractivity contribution in [3.05, 3.63) is 93.4 Å². The number of hydrogen-bond acceptors (Lipinski definition) is 7. The Kier molecular flexibility index (Phi) is 9.10. The van der Waals surface area contributed by atoms with E-state index in [2.05, 4.69) is 4.98 Å². The number of ether oxygens (including phenoxy) is 2. The maximum Gasteiger partial charge on any atom is 0.410 e. The molecule has 260 valence electrons. The Morgan fingerprint density at radius 1 is 1.08 bits per heavy atom. The molecule has 0 aliphatic carbocycles. The lowest BCUT2D eigenvalue weighted by Gasteiger charge is -2.44. The number of hydrogen-bond donors (Lipinski definition) is 1. The summed E-state index contributed by atoms with van der Waals surface area (Å²) in [6.07, 6.45) is 1.51. The summed E-state index contributed by atoms with van der Waals surface area (Å²) in [5.41, 5.74) is -0.485. The van der Waals surface area contributed by atoms with E-state index in [0.29, 0.717) is 35.4 Å². The molecule has 0 radical (unpaired) electrons. The second-order valence-corrected chi connectivity index (χ2v) is 14.9. The zero-order valence-electron chi connectivity index (χ0n) is 28.3. The third-order valence-electron chi connectivity index (χ3n) is 9.00. The number of rotatable bonds is 5. The molecule has 0 spiro atoms. The average molecular weight is 694 g/mol. The molecule has 6 rings (SSSR count). The van der Waals surface area contributed by atoms with Crippen molar-refractivity contribution in [1.82, 2.24) is 23.9 Å². The first-order valence-corrected chi connectivity index (χ1v) is 16.7. The number of nitrogens with zero attached hydrogens (tertiary/aromatic N) is 5. The molecule has 0 saturated carbocycles. The topological polar surface area (TPSA) is 119 Å². The normalized spacial score (nSPS) is 19.2. The number of aromatic nitrogens is 3. The minimum Gasteiger partial charge on any atom is -0.444 e. The number of likely N-dealkylation sites (tertiary alicyclic amines) is 1. The Morgan fingerprint density at radius 2 is 1.73 bits per heavy atom. The molecule has 2 aromatic heterocycles. The Hall–Kier alpha value is -4.26. The summed E-state index contributed by atoms with van der Waals surface area (Å²) < 4.78 is 28.1. The predicted molar refractivity (Wildman–Crippen MR) is 183 cm³/mol. The number of carbonyl (C=O) groups is 2. The van der Waals surface area contributed by atoms with Gasteiger partial charge in [-0.3, -0.25) is 23.6 Å². The zero-order chi connectivity index (χ0) is 35.3. The van der Waals surface area contributed by atoms with Crippen LogP contribution in [0.3, 0.4) is 0 Å². The van der Waals surface area contributed by atoms with Crippen molar-refractivity contribution in [3.63, 3.8) is 0 Å². The SMILES string of the molecule is CC(C)(C)OC(=O)N1CC(C)(C)OC[C@@H]1c1ccc(-n2c(Cl)cc3c(=O)n(CC4(O)CCN(C(=O)c5ccc(F)cc5)CC4)cnc32)cc1. The summed E-state index contributed by atoms with van der Waals surface area (Å²) >= 11 is 6.67. The molecular weight excluding hydrogens is 653 g/mol. The minimum absolute atomic E-state index is 0.000733. The van der Waals surface area contributed by atoms with Gasteiger partial charge < -0.3 is 19.5 Å². The van der Waals surface area contributed by atoms with Gasteiger partial charge in [0.05, 0.1) is 42.3 Å². The van der Waals surface area contributed by atoms with Crippen LogP contribution in [0.2, 0.25) is 5.15 Å². The molecule has 11 nitrogen and oxygen atoms in total. The van der Waals surface area contributed by atoms with E-state index >= 15 is 0 Å². The van der Waals surface area contributed by atoms with Crippen LogP contribution in [-0.2, 0) is 16.0 Å². The fourth-order valence-electron chi connectivity index (χ4n) is 6.42. The quantitative estimate of drug-likeness (QED) is 0.284. The van der Waals surface area contributed by atoms with E-state index in [4.69, 9.17) is 21.1 Å². The summed E-state index contributed by atoms with van der Waals surface area (Å²) in [4.78, 5) is 47.6. The van der Waals surface area contributed by atoms with E-state index in [-0.39, 0.29) is 55.1 Å². The van der Waals surface area contributed by atoms with Crippen molar-refractivity contribution < 1.29 is 28.6 Å². The van der Waals surface area contributed by atoms with Crippen LogP contribution in [0.5, 0.6) is 0 Å². The van der Waals surface area contributed by atoms with Gasteiger partial charge in [-0.25, -0.2) is 14.2 Å². The smallest absolute Gasteiger partial charge is 0.410 e. The zero-order valence-corrected chi connectivity index (χ0v) is 29.0.